The first-order valence-electron chi connectivity index (χ1n) is 12.7. The van der Waals surface area contributed by atoms with E-state index in [4.69, 9.17) is 21.8 Å². The van der Waals surface area contributed by atoms with E-state index < -0.39 is 0 Å². The number of aromatic nitrogens is 3. The molecule has 0 saturated heterocycles. The summed E-state index contributed by atoms with van der Waals surface area (Å²) in [5, 5.41) is 23.5. The van der Waals surface area contributed by atoms with Crippen molar-refractivity contribution in [2.45, 2.75) is 18.9 Å². The van der Waals surface area contributed by atoms with E-state index in [0.29, 0.717) is 36.0 Å². The van der Waals surface area contributed by atoms with Gasteiger partial charge in [-0.1, -0.05) is 66.2 Å². The van der Waals surface area contributed by atoms with Gasteiger partial charge in [-0.15, -0.1) is 5.10 Å². The Balaban J connectivity index is 1.35. The van der Waals surface area contributed by atoms with Crippen molar-refractivity contribution >= 4 is 29.2 Å². The van der Waals surface area contributed by atoms with E-state index >= 15 is 0 Å². The summed E-state index contributed by atoms with van der Waals surface area (Å²) in [6.45, 7) is 1.03. The van der Waals surface area contributed by atoms with Crippen LogP contribution in [0.4, 0.5) is 5.95 Å². The van der Waals surface area contributed by atoms with Gasteiger partial charge in [0.1, 0.15) is 0 Å². The summed E-state index contributed by atoms with van der Waals surface area (Å²) in [7, 11) is 1.70. The summed E-state index contributed by atoms with van der Waals surface area (Å²) < 4.78 is 2.97. The zero-order valence-corrected chi connectivity index (χ0v) is 22.3. The SMILES string of the molecule is Cn1c(N2C[C@H](c3ccccc3)C(c3ccc(Cl)cc3)=N2)nn(CCc2ccc(C(=O)NCCO)cc2)c1=O. The van der Waals surface area contributed by atoms with Gasteiger partial charge in [0.05, 0.1) is 25.4 Å². The van der Waals surface area contributed by atoms with Crippen molar-refractivity contribution < 1.29 is 9.90 Å². The maximum atomic E-state index is 13.1. The molecule has 0 bridgehead atoms. The maximum Gasteiger partial charge on any atom is 0.347 e. The van der Waals surface area contributed by atoms with Crippen molar-refractivity contribution in [1.29, 1.82) is 0 Å². The molecule has 39 heavy (non-hydrogen) atoms. The van der Waals surface area contributed by atoms with E-state index in [1.165, 1.54) is 9.25 Å². The van der Waals surface area contributed by atoms with Gasteiger partial charge in [-0.2, -0.15) is 5.10 Å². The number of aryl methyl sites for hydroxylation is 2. The van der Waals surface area contributed by atoms with Crippen molar-refractivity contribution in [2.75, 3.05) is 24.7 Å². The molecule has 3 aromatic carbocycles. The van der Waals surface area contributed by atoms with Crippen LogP contribution in [-0.4, -0.2) is 50.8 Å². The lowest BCUT2D eigenvalue weighted by Crippen LogP contribution is -2.26. The van der Waals surface area contributed by atoms with Crippen LogP contribution in [0, 0.1) is 0 Å². The predicted molar refractivity (Wildman–Crippen MR) is 152 cm³/mol. The highest BCUT2D eigenvalue weighted by Gasteiger charge is 2.32. The summed E-state index contributed by atoms with van der Waals surface area (Å²) in [6.07, 6.45) is 0.570. The van der Waals surface area contributed by atoms with E-state index in [1.54, 1.807) is 24.2 Å². The van der Waals surface area contributed by atoms with Gasteiger partial charge >= 0.3 is 5.69 Å². The highest BCUT2D eigenvalue weighted by molar-refractivity contribution is 6.30. The quantitative estimate of drug-likeness (QED) is 0.337. The number of halogens is 1. The molecule has 4 aromatic rings. The van der Waals surface area contributed by atoms with E-state index in [-0.39, 0.29) is 30.7 Å². The molecule has 0 fully saturated rings. The Kier molecular flexibility index (Phi) is 7.90. The van der Waals surface area contributed by atoms with E-state index in [9.17, 15) is 9.59 Å². The van der Waals surface area contributed by atoms with Crippen LogP contribution in [0.1, 0.15) is 33.0 Å². The van der Waals surface area contributed by atoms with Gasteiger partial charge < -0.3 is 10.4 Å². The van der Waals surface area contributed by atoms with Crippen LogP contribution in [-0.2, 0) is 20.0 Å². The molecule has 2 heterocycles. The number of rotatable bonds is 9. The predicted octanol–water partition coefficient (Wildman–Crippen LogP) is 3.21. The second kappa shape index (κ2) is 11.7. The third kappa shape index (κ3) is 5.79. The topological polar surface area (TPSA) is 105 Å². The lowest BCUT2D eigenvalue weighted by molar-refractivity contribution is 0.0944. The number of hydrogen-bond acceptors (Lipinski definition) is 6. The summed E-state index contributed by atoms with van der Waals surface area (Å²) in [6, 6.07) is 25.0. The molecule has 0 unspecified atom stereocenters. The average Bonchev–Trinajstić information content (AvgIpc) is 3.53. The first-order valence-corrected chi connectivity index (χ1v) is 13.1. The van der Waals surface area contributed by atoms with Crippen molar-refractivity contribution in [1.82, 2.24) is 19.7 Å². The fraction of sp³-hybridized carbons (Fsp3) is 0.241. The molecule has 1 amide bonds. The molecular weight excluding hydrogens is 516 g/mol. The Morgan fingerprint density at radius 1 is 1.05 bits per heavy atom. The standard InChI is InChI=1S/C29H29ClN6O3/c1-34-28(33-35(29(34)39)17-15-20-7-9-23(10-8-20)27(38)31-16-18-37)36-19-25(21-5-3-2-4-6-21)26(32-36)22-11-13-24(30)14-12-22/h2-14,25,37H,15-19H2,1H3,(H,31,38)/t25-/m1/s1. The highest BCUT2D eigenvalue weighted by Crippen LogP contribution is 2.31. The first kappa shape index (κ1) is 26.4. The molecular formula is C29H29ClN6O3. The Morgan fingerprint density at radius 3 is 2.46 bits per heavy atom. The monoisotopic (exact) mass is 544 g/mol. The number of carbonyl (C=O) groups is 1. The second-order valence-corrected chi connectivity index (χ2v) is 9.77. The Bertz CT molecular complexity index is 1530. The maximum absolute atomic E-state index is 13.1. The van der Waals surface area contributed by atoms with E-state index in [2.05, 4.69) is 22.5 Å². The van der Waals surface area contributed by atoms with Crippen molar-refractivity contribution in [3.05, 3.63) is 117 Å². The number of nitrogens with zero attached hydrogens (tertiary/aromatic N) is 5. The highest BCUT2D eigenvalue weighted by atomic mass is 35.5. The lowest BCUT2D eigenvalue weighted by Gasteiger charge is -2.15. The molecule has 10 heteroatoms. The smallest absolute Gasteiger partial charge is 0.347 e. The molecule has 1 aromatic heterocycles. The fourth-order valence-electron chi connectivity index (χ4n) is 4.63. The molecule has 9 nitrogen and oxygen atoms in total. The molecule has 0 saturated carbocycles. The number of amides is 1. The van der Waals surface area contributed by atoms with Gasteiger partial charge in [0.25, 0.3) is 5.91 Å². The minimum absolute atomic E-state index is 0.000667. The van der Waals surface area contributed by atoms with E-state index in [0.717, 1.165) is 22.4 Å². The summed E-state index contributed by atoms with van der Waals surface area (Å²) >= 11 is 6.12. The third-order valence-corrected chi connectivity index (χ3v) is 6.98. The number of anilines is 1. The number of hydrogen-bond donors (Lipinski definition) is 2. The number of benzene rings is 3. The molecule has 200 valence electrons. The van der Waals surface area contributed by atoms with Crippen molar-refractivity contribution in [2.24, 2.45) is 12.1 Å². The zero-order chi connectivity index (χ0) is 27.4. The van der Waals surface area contributed by atoms with Gasteiger partial charge in [0.15, 0.2) is 0 Å². The molecule has 0 spiro atoms. The van der Waals surface area contributed by atoms with Crippen LogP contribution in [0.3, 0.4) is 0 Å². The fourth-order valence-corrected chi connectivity index (χ4v) is 4.76. The Morgan fingerprint density at radius 2 is 1.77 bits per heavy atom. The van der Waals surface area contributed by atoms with Gasteiger partial charge in [-0.25, -0.2) is 14.5 Å². The molecule has 0 radical (unpaired) electrons. The Hall–Kier alpha value is -4.21. The van der Waals surface area contributed by atoms with Gasteiger partial charge in [-0.05, 0) is 47.4 Å². The summed E-state index contributed by atoms with van der Waals surface area (Å²) in [5.74, 6) is 0.237. The number of carbonyl (C=O) groups excluding carboxylic acids is 1. The van der Waals surface area contributed by atoms with Crippen molar-refractivity contribution in [3.8, 4) is 0 Å². The summed E-state index contributed by atoms with van der Waals surface area (Å²) in [5.41, 5.74) is 4.25. The van der Waals surface area contributed by atoms with Crippen molar-refractivity contribution in [3.63, 3.8) is 0 Å². The van der Waals surface area contributed by atoms with Crippen LogP contribution in [0.25, 0.3) is 0 Å². The van der Waals surface area contributed by atoms with Crippen LogP contribution in [0.5, 0.6) is 0 Å². The number of hydrazone groups is 1. The molecule has 1 aliphatic rings. The molecule has 1 aliphatic heterocycles. The molecule has 5 rings (SSSR count). The zero-order valence-electron chi connectivity index (χ0n) is 21.5. The second-order valence-electron chi connectivity index (χ2n) is 9.33. The first-order chi connectivity index (χ1) is 18.9. The molecule has 2 N–H and O–H groups in total. The molecule has 0 aliphatic carbocycles. The van der Waals surface area contributed by atoms with Crippen LogP contribution in [0.15, 0.2) is 88.8 Å². The number of aliphatic hydroxyl groups excluding tert-OH is 1. The third-order valence-electron chi connectivity index (χ3n) is 6.73. The van der Waals surface area contributed by atoms with Gasteiger partial charge in [-0.3, -0.25) is 9.36 Å². The number of aliphatic hydroxyl groups is 1. The minimum Gasteiger partial charge on any atom is -0.395 e. The van der Waals surface area contributed by atoms with Crippen LogP contribution >= 0.6 is 11.6 Å². The van der Waals surface area contributed by atoms with Crippen LogP contribution in [0.2, 0.25) is 5.02 Å². The Labute approximate surface area is 231 Å². The normalized spacial score (nSPS) is 14.9. The van der Waals surface area contributed by atoms with Gasteiger partial charge in [0.2, 0.25) is 5.95 Å². The van der Waals surface area contributed by atoms with Crippen LogP contribution < -0.4 is 16.0 Å². The summed E-state index contributed by atoms with van der Waals surface area (Å²) in [4.78, 5) is 25.1. The minimum atomic E-state index is -0.237. The lowest BCUT2D eigenvalue weighted by atomic mass is 9.91. The largest absolute Gasteiger partial charge is 0.395 e. The number of nitrogens with one attached hydrogen (secondary N) is 1. The van der Waals surface area contributed by atoms with E-state index in [1.807, 2.05) is 54.6 Å². The average molecular weight is 545 g/mol. The van der Waals surface area contributed by atoms with Gasteiger partial charge in [0, 0.05) is 30.1 Å². The molecule has 1 atom stereocenters.